The third kappa shape index (κ3) is 4.26. The lowest BCUT2D eigenvalue weighted by Crippen LogP contribution is -2.29. The predicted molar refractivity (Wildman–Crippen MR) is 89.6 cm³/mol. The van der Waals surface area contributed by atoms with Crippen LogP contribution < -0.4 is 10.6 Å². The Morgan fingerprint density at radius 1 is 0.826 bits per heavy atom. The third-order valence-corrected chi connectivity index (χ3v) is 3.39. The first-order chi connectivity index (χ1) is 10.9. The molecule has 0 aromatic heterocycles. The van der Waals surface area contributed by atoms with Crippen molar-refractivity contribution in [2.24, 2.45) is 0 Å². The standard InChI is InChI=1S/C18H18N2O3/c1-11-4-9-16(12(2)10-11)20-18(23)17(22)19-15-7-5-14(6-8-15)13(3)21/h4-10H,1-3H3,(H,19,22)(H,20,23). The van der Waals surface area contributed by atoms with Crippen LogP contribution in [0.2, 0.25) is 0 Å². The van der Waals surface area contributed by atoms with Crippen LogP contribution in [0, 0.1) is 13.8 Å². The second kappa shape index (κ2) is 6.87. The summed E-state index contributed by atoms with van der Waals surface area (Å²) in [4.78, 5) is 35.1. The molecule has 0 saturated carbocycles. The van der Waals surface area contributed by atoms with Gasteiger partial charge in [0, 0.05) is 16.9 Å². The van der Waals surface area contributed by atoms with Crippen molar-refractivity contribution in [3.8, 4) is 0 Å². The smallest absolute Gasteiger partial charge is 0.314 e. The number of carbonyl (C=O) groups excluding carboxylic acids is 3. The van der Waals surface area contributed by atoms with Crippen molar-refractivity contribution in [3.05, 3.63) is 59.2 Å². The van der Waals surface area contributed by atoms with E-state index in [0.717, 1.165) is 11.1 Å². The van der Waals surface area contributed by atoms with Crippen molar-refractivity contribution in [1.82, 2.24) is 0 Å². The highest BCUT2D eigenvalue weighted by molar-refractivity contribution is 6.43. The fourth-order valence-electron chi connectivity index (χ4n) is 2.11. The zero-order chi connectivity index (χ0) is 17.0. The highest BCUT2D eigenvalue weighted by Gasteiger charge is 2.15. The van der Waals surface area contributed by atoms with E-state index in [2.05, 4.69) is 10.6 Å². The van der Waals surface area contributed by atoms with Crippen LogP contribution in [-0.4, -0.2) is 17.6 Å². The SMILES string of the molecule is CC(=O)c1ccc(NC(=O)C(=O)Nc2ccc(C)cc2C)cc1. The fraction of sp³-hybridized carbons (Fsp3) is 0.167. The summed E-state index contributed by atoms with van der Waals surface area (Å²) in [5.41, 5.74) is 3.56. The van der Waals surface area contributed by atoms with Crippen molar-refractivity contribution >= 4 is 29.0 Å². The minimum Gasteiger partial charge on any atom is -0.318 e. The lowest BCUT2D eigenvalue weighted by molar-refractivity contribution is -0.133. The van der Waals surface area contributed by atoms with Gasteiger partial charge in [-0.15, -0.1) is 0 Å². The number of nitrogens with one attached hydrogen (secondary N) is 2. The Kier molecular flexibility index (Phi) is 4.91. The zero-order valence-corrected chi connectivity index (χ0v) is 13.3. The largest absolute Gasteiger partial charge is 0.318 e. The minimum atomic E-state index is -0.763. The minimum absolute atomic E-state index is 0.0598. The molecule has 0 spiro atoms. The molecule has 0 saturated heterocycles. The molecule has 0 unspecified atom stereocenters. The average molecular weight is 310 g/mol. The van der Waals surface area contributed by atoms with E-state index in [9.17, 15) is 14.4 Å². The highest BCUT2D eigenvalue weighted by Crippen LogP contribution is 2.16. The number of benzene rings is 2. The highest BCUT2D eigenvalue weighted by atomic mass is 16.2. The summed E-state index contributed by atoms with van der Waals surface area (Å²) in [6.07, 6.45) is 0. The number of rotatable bonds is 3. The molecule has 5 heteroatoms. The molecule has 5 nitrogen and oxygen atoms in total. The van der Waals surface area contributed by atoms with Gasteiger partial charge in [-0.1, -0.05) is 17.7 Å². The number of amides is 2. The summed E-state index contributed by atoms with van der Waals surface area (Å²) in [6, 6.07) is 11.9. The Balaban J connectivity index is 2.02. The van der Waals surface area contributed by atoms with E-state index in [4.69, 9.17) is 0 Å². The maximum absolute atomic E-state index is 12.0. The van der Waals surface area contributed by atoms with Gasteiger partial charge in [0.05, 0.1) is 0 Å². The normalized spacial score (nSPS) is 10.0. The van der Waals surface area contributed by atoms with Gasteiger partial charge in [-0.25, -0.2) is 0 Å². The van der Waals surface area contributed by atoms with Gasteiger partial charge in [-0.05, 0) is 56.7 Å². The number of aryl methyl sites for hydroxylation is 2. The van der Waals surface area contributed by atoms with Gasteiger partial charge in [0.2, 0.25) is 0 Å². The fourth-order valence-corrected chi connectivity index (χ4v) is 2.11. The summed E-state index contributed by atoms with van der Waals surface area (Å²) in [7, 11) is 0. The molecule has 0 atom stereocenters. The van der Waals surface area contributed by atoms with Crippen LogP contribution in [0.15, 0.2) is 42.5 Å². The molecule has 2 rings (SSSR count). The third-order valence-electron chi connectivity index (χ3n) is 3.39. The predicted octanol–water partition coefficient (Wildman–Crippen LogP) is 3.08. The summed E-state index contributed by atoms with van der Waals surface area (Å²) in [6.45, 7) is 5.28. The first kappa shape index (κ1) is 16.4. The number of carbonyl (C=O) groups is 3. The molecule has 2 aromatic rings. The summed E-state index contributed by atoms with van der Waals surface area (Å²) in [5, 5.41) is 5.08. The molecule has 0 aliphatic heterocycles. The Hall–Kier alpha value is -2.95. The van der Waals surface area contributed by atoms with Crippen molar-refractivity contribution in [3.63, 3.8) is 0 Å². The van der Waals surface area contributed by atoms with Crippen molar-refractivity contribution in [1.29, 1.82) is 0 Å². The second-order valence-electron chi connectivity index (χ2n) is 5.36. The van der Waals surface area contributed by atoms with Crippen LogP contribution in [0.25, 0.3) is 0 Å². The molecule has 0 radical (unpaired) electrons. The van der Waals surface area contributed by atoms with Gasteiger partial charge in [0.1, 0.15) is 0 Å². The van der Waals surface area contributed by atoms with E-state index < -0.39 is 11.8 Å². The monoisotopic (exact) mass is 310 g/mol. The van der Waals surface area contributed by atoms with E-state index in [-0.39, 0.29) is 5.78 Å². The number of hydrogen-bond donors (Lipinski definition) is 2. The van der Waals surface area contributed by atoms with Crippen molar-refractivity contribution in [2.45, 2.75) is 20.8 Å². The van der Waals surface area contributed by atoms with Crippen molar-refractivity contribution in [2.75, 3.05) is 10.6 Å². The zero-order valence-electron chi connectivity index (χ0n) is 13.3. The summed E-state index contributed by atoms with van der Waals surface area (Å²) < 4.78 is 0. The lowest BCUT2D eigenvalue weighted by atomic mass is 10.1. The van der Waals surface area contributed by atoms with Crippen LogP contribution in [0.4, 0.5) is 11.4 Å². The molecule has 0 heterocycles. The van der Waals surface area contributed by atoms with Gasteiger partial charge >= 0.3 is 11.8 Å². The second-order valence-corrected chi connectivity index (χ2v) is 5.36. The maximum Gasteiger partial charge on any atom is 0.314 e. The summed E-state index contributed by atoms with van der Waals surface area (Å²) >= 11 is 0. The van der Waals surface area contributed by atoms with Gasteiger partial charge in [0.25, 0.3) is 0 Å². The Morgan fingerprint density at radius 3 is 2.00 bits per heavy atom. The molecular weight excluding hydrogens is 292 g/mol. The molecule has 2 amide bonds. The molecule has 2 N–H and O–H groups in total. The molecule has 118 valence electrons. The molecule has 23 heavy (non-hydrogen) atoms. The summed E-state index contributed by atoms with van der Waals surface area (Å²) in [5.74, 6) is -1.57. The average Bonchev–Trinajstić information content (AvgIpc) is 2.50. The number of anilines is 2. The lowest BCUT2D eigenvalue weighted by Gasteiger charge is -2.09. The molecule has 0 aliphatic carbocycles. The van der Waals surface area contributed by atoms with Gasteiger partial charge in [-0.2, -0.15) is 0 Å². The van der Waals surface area contributed by atoms with E-state index in [1.54, 1.807) is 30.3 Å². The van der Waals surface area contributed by atoms with Crippen LogP contribution >= 0.6 is 0 Å². The van der Waals surface area contributed by atoms with Crippen LogP contribution in [-0.2, 0) is 9.59 Å². The van der Waals surface area contributed by atoms with E-state index in [1.165, 1.54) is 6.92 Å². The van der Waals surface area contributed by atoms with E-state index in [1.807, 2.05) is 26.0 Å². The quantitative estimate of drug-likeness (QED) is 0.675. The van der Waals surface area contributed by atoms with Gasteiger partial charge < -0.3 is 10.6 Å². The topological polar surface area (TPSA) is 75.3 Å². The van der Waals surface area contributed by atoms with Crippen LogP contribution in [0.3, 0.4) is 0 Å². The maximum atomic E-state index is 12.0. The number of ketones is 1. The first-order valence-corrected chi connectivity index (χ1v) is 7.17. The van der Waals surface area contributed by atoms with Crippen molar-refractivity contribution < 1.29 is 14.4 Å². The molecule has 0 bridgehead atoms. The first-order valence-electron chi connectivity index (χ1n) is 7.17. The van der Waals surface area contributed by atoms with Gasteiger partial charge in [-0.3, -0.25) is 14.4 Å². The molecule has 0 aliphatic rings. The molecular formula is C18H18N2O3. The van der Waals surface area contributed by atoms with E-state index in [0.29, 0.717) is 16.9 Å². The number of Topliss-reactive ketones (excluding diaryl/α,β-unsaturated/α-hetero) is 1. The Labute approximate surface area is 134 Å². The molecule has 0 fully saturated rings. The molecule has 2 aromatic carbocycles. The van der Waals surface area contributed by atoms with Crippen LogP contribution in [0.5, 0.6) is 0 Å². The van der Waals surface area contributed by atoms with Gasteiger partial charge in [0.15, 0.2) is 5.78 Å². The Morgan fingerprint density at radius 2 is 1.43 bits per heavy atom. The Bertz CT molecular complexity index is 764. The van der Waals surface area contributed by atoms with Crippen LogP contribution in [0.1, 0.15) is 28.4 Å². The van der Waals surface area contributed by atoms with E-state index >= 15 is 0 Å². The number of hydrogen-bond acceptors (Lipinski definition) is 3.